The van der Waals surface area contributed by atoms with E-state index in [-0.39, 0.29) is 6.10 Å². The van der Waals surface area contributed by atoms with Gasteiger partial charge in [0.2, 0.25) is 0 Å². The fraction of sp³-hybridized carbons (Fsp3) is 0.300. The van der Waals surface area contributed by atoms with E-state index >= 15 is 0 Å². The molecular formula is C10H11NO. The van der Waals surface area contributed by atoms with Crippen molar-refractivity contribution in [2.24, 2.45) is 0 Å². The lowest BCUT2D eigenvalue weighted by molar-refractivity contribution is 0.201. The quantitative estimate of drug-likeness (QED) is 0.628. The van der Waals surface area contributed by atoms with Gasteiger partial charge in [-0.2, -0.15) is 0 Å². The number of aliphatic hydroxyl groups is 1. The molecule has 0 aromatic carbocycles. The molecule has 1 N–H and O–H groups in total. The molecule has 0 bridgehead atoms. The molecule has 2 heteroatoms. The highest BCUT2D eigenvalue weighted by Crippen LogP contribution is 1.92. The molecule has 1 unspecified atom stereocenters. The van der Waals surface area contributed by atoms with Crippen LogP contribution in [0.25, 0.3) is 0 Å². The van der Waals surface area contributed by atoms with Crippen LogP contribution >= 0.6 is 0 Å². The Balaban J connectivity index is 2.55. The molecule has 0 fully saturated rings. The molecule has 1 rings (SSSR count). The van der Waals surface area contributed by atoms with Gasteiger partial charge >= 0.3 is 0 Å². The van der Waals surface area contributed by atoms with Crippen molar-refractivity contribution < 1.29 is 5.11 Å². The predicted molar refractivity (Wildman–Crippen MR) is 47.4 cm³/mol. The summed E-state index contributed by atoms with van der Waals surface area (Å²) in [4.78, 5) is 3.92. The highest BCUT2D eigenvalue weighted by Gasteiger charge is 1.88. The van der Waals surface area contributed by atoms with Crippen LogP contribution in [0.5, 0.6) is 0 Å². The Morgan fingerprint density at radius 1 is 1.67 bits per heavy atom. The van der Waals surface area contributed by atoms with Crippen molar-refractivity contribution in [1.29, 1.82) is 0 Å². The van der Waals surface area contributed by atoms with Gasteiger partial charge in [-0.25, -0.2) is 0 Å². The normalized spacial score (nSPS) is 11.5. The first-order valence-electron chi connectivity index (χ1n) is 3.86. The first-order valence-corrected chi connectivity index (χ1v) is 3.86. The molecule has 0 aliphatic carbocycles. The molecule has 0 radical (unpaired) electrons. The summed E-state index contributed by atoms with van der Waals surface area (Å²) in [6.07, 6.45) is 3.57. The lowest BCUT2D eigenvalue weighted by Crippen LogP contribution is -1.95. The van der Waals surface area contributed by atoms with E-state index < -0.39 is 0 Å². The average molecular weight is 161 g/mol. The van der Waals surface area contributed by atoms with E-state index in [1.54, 1.807) is 19.3 Å². The molecule has 0 aliphatic rings. The second-order valence-corrected chi connectivity index (χ2v) is 2.60. The lowest BCUT2D eigenvalue weighted by Gasteiger charge is -1.92. The van der Waals surface area contributed by atoms with Gasteiger partial charge in [0.1, 0.15) is 0 Å². The van der Waals surface area contributed by atoms with Crippen LogP contribution in [0, 0.1) is 11.8 Å². The third-order valence-electron chi connectivity index (χ3n) is 1.29. The van der Waals surface area contributed by atoms with E-state index in [0.29, 0.717) is 6.42 Å². The van der Waals surface area contributed by atoms with Crippen molar-refractivity contribution >= 4 is 0 Å². The van der Waals surface area contributed by atoms with E-state index in [1.807, 2.05) is 12.1 Å². The van der Waals surface area contributed by atoms with E-state index in [9.17, 15) is 0 Å². The number of pyridine rings is 1. The van der Waals surface area contributed by atoms with Crippen LogP contribution in [-0.4, -0.2) is 16.2 Å². The number of nitrogens with zero attached hydrogens (tertiary/aromatic N) is 1. The van der Waals surface area contributed by atoms with Crippen molar-refractivity contribution in [1.82, 2.24) is 4.98 Å². The smallest absolute Gasteiger partial charge is 0.0621 e. The van der Waals surface area contributed by atoms with Gasteiger partial charge in [0, 0.05) is 24.4 Å². The van der Waals surface area contributed by atoms with Gasteiger partial charge in [0.25, 0.3) is 0 Å². The van der Waals surface area contributed by atoms with Crippen molar-refractivity contribution in [2.45, 2.75) is 19.4 Å². The minimum absolute atomic E-state index is 0.353. The summed E-state index contributed by atoms with van der Waals surface area (Å²) in [5.41, 5.74) is 0.887. The second kappa shape index (κ2) is 4.53. The van der Waals surface area contributed by atoms with E-state index in [4.69, 9.17) is 5.11 Å². The van der Waals surface area contributed by atoms with Gasteiger partial charge in [-0.05, 0) is 19.1 Å². The van der Waals surface area contributed by atoms with Crippen LogP contribution in [0.2, 0.25) is 0 Å². The Kier molecular flexibility index (Phi) is 3.31. The topological polar surface area (TPSA) is 33.1 Å². The van der Waals surface area contributed by atoms with Crippen molar-refractivity contribution in [3.8, 4) is 11.8 Å². The van der Waals surface area contributed by atoms with Gasteiger partial charge in [0.15, 0.2) is 0 Å². The van der Waals surface area contributed by atoms with Gasteiger partial charge < -0.3 is 5.11 Å². The molecule has 0 amide bonds. The maximum Gasteiger partial charge on any atom is 0.0621 e. The molecular weight excluding hydrogens is 150 g/mol. The summed E-state index contributed by atoms with van der Waals surface area (Å²) in [6, 6.07) is 3.73. The van der Waals surface area contributed by atoms with Crippen LogP contribution in [0.15, 0.2) is 24.5 Å². The van der Waals surface area contributed by atoms with Crippen LogP contribution in [0.1, 0.15) is 18.9 Å². The molecule has 12 heavy (non-hydrogen) atoms. The molecule has 0 spiro atoms. The van der Waals surface area contributed by atoms with Crippen molar-refractivity contribution in [3.05, 3.63) is 30.1 Å². The van der Waals surface area contributed by atoms with E-state index in [2.05, 4.69) is 16.8 Å². The summed E-state index contributed by atoms with van der Waals surface area (Å²) in [7, 11) is 0. The van der Waals surface area contributed by atoms with Crippen LogP contribution in [0.4, 0.5) is 0 Å². The van der Waals surface area contributed by atoms with E-state index in [1.165, 1.54) is 0 Å². The fourth-order valence-corrected chi connectivity index (χ4v) is 0.737. The van der Waals surface area contributed by atoms with Gasteiger partial charge in [0.05, 0.1) is 6.10 Å². The zero-order valence-electron chi connectivity index (χ0n) is 6.99. The zero-order chi connectivity index (χ0) is 8.81. The van der Waals surface area contributed by atoms with Gasteiger partial charge in [-0.3, -0.25) is 4.98 Å². The molecule has 0 saturated carbocycles. The SMILES string of the molecule is CC(O)CC#Cc1cccnc1. The largest absolute Gasteiger partial charge is 0.392 e. The summed E-state index contributed by atoms with van der Waals surface area (Å²) in [5, 5.41) is 8.91. The first kappa shape index (κ1) is 8.76. The first-order chi connectivity index (χ1) is 5.79. The van der Waals surface area contributed by atoms with Crippen LogP contribution in [0.3, 0.4) is 0 Å². The summed E-state index contributed by atoms with van der Waals surface area (Å²) < 4.78 is 0. The standard InChI is InChI=1S/C10H11NO/c1-9(12)4-2-5-10-6-3-7-11-8-10/h3,6-9,12H,4H2,1H3. The van der Waals surface area contributed by atoms with Crippen molar-refractivity contribution in [2.75, 3.05) is 0 Å². The second-order valence-electron chi connectivity index (χ2n) is 2.60. The monoisotopic (exact) mass is 161 g/mol. The number of rotatable bonds is 1. The number of aromatic nitrogens is 1. The number of hydrogen-bond acceptors (Lipinski definition) is 2. The number of aliphatic hydroxyl groups excluding tert-OH is 1. The highest BCUT2D eigenvalue weighted by molar-refractivity contribution is 5.30. The molecule has 1 heterocycles. The lowest BCUT2D eigenvalue weighted by atomic mass is 10.2. The Labute approximate surface area is 72.3 Å². The fourth-order valence-electron chi connectivity index (χ4n) is 0.737. The van der Waals surface area contributed by atoms with Crippen molar-refractivity contribution in [3.63, 3.8) is 0 Å². The molecule has 62 valence electrons. The average Bonchev–Trinajstić information content (AvgIpc) is 2.05. The van der Waals surface area contributed by atoms with E-state index in [0.717, 1.165) is 5.56 Å². The maximum atomic E-state index is 8.91. The summed E-state index contributed by atoms with van der Waals surface area (Å²) in [6.45, 7) is 1.72. The molecule has 1 atom stereocenters. The van der Waals surface area contributed by atoms with Gasteiger partial charge in [-0.15, -0.1) is 0 Å². The third-order valence-corrected chi connectivity index (χ3v) is 1.29. The Hall–Kier alpha value is -1.33. The summed E-state index contributed by atoms with van der Waals surface area (Å²) >= 11 is 0. The molecule has 0 aliphatic heterocycles. The van der Waals surface area contributed by atoms with Crippen LogP contribution < -0.4 is 0 Å². The molecule has 2 nitrogen and oxygen atoms in total. The Morgan fingerprint density at radius 3 is 3.08 bits per heavy atom. The summed E-state index contributed by atoms with van der Waals surface area (Å²) in [5.74, 6) is 5.76. The molecule has 1 aromatic rings. The number of hydrogen-bond donors (Lipinski definition) is 1. The minimum atomic E-state index is -0.353. The predicted octanol–water partition coefficient (Wildman–Crippen LogP) is 1.20. The molecule has 1 aromatic heterocycles. The maximum absolute atomic E-state index is 8.91. The minimum Gasteiger partial charge on any atom is -0.392 e. The Morgan fingerprint density at radius 2 is 2.50 bits per heavy atom. The highest BCUT2D eigenvalue weighted by atomic mass is 16.3. The zero-order valence-corrected chi connectivity index (χ0v) is 6.99. The third kappa shape index (κ3) is 3.18. The van der Waals surface area contributed by atoms with Gasteiger partial charge in [-0.1, -0.05) is 11.8 Å². The Bertz CT molecular complexity index is 282. The molecule has 0 saturated heterocycles. The van der Waals surface area contributed by atoms with Crippen LogP contribution in [-0.2, 0) is 0 Å².